The molecule has 12 nitrogen and oxygen atoms in total. The fourth-order valence-corrected chi connectivity index (χ4v) is 4.03. The lowest BCUT2D eigenvalue weighted by atomic mass is 10.1. The molecule has 30 heavy (non-hydrogen) atoms. The SMILES string of the molecule is CC(C)OC(=O)[C@@H](C)N[P+](=O)OC[C@@H]1C[C@H](C)[C@H](n2cnc3c(=O)[nH]c(N)nc32)O1. The second-order valence-corrected chi connectivity index (χ2v) is 8.56. The zero-order valence-electron chi connectivity index (χ0n) is 17.2. The lowest BCUT2D eigenvalue weighted by molar-refractivity contribution is -0.149. The van der Waals surface area contributed by atoms with Gasteiger partial charge in [0, 0.05) is 5.92 Å². The molecule has 1 saturated heterocycles. The van der Waals surface area contributed by atoms with Crippen LogP contribution in [0.5, 0.6) is 0 Å². The minimum absolute atomic E-state index is 0.00651. The van der Waals surface area contributed by atoms with Crippen LogP contribution >= 0.6 is 8.18 Å². The maximum absolute atomic E-state index is 12.1. The van der Waals surface area contributed by atoms with Crippen LogP contribution in [0.2, 0.25) is 0 Å². The fourth-order valence-electron chi connectivity index (χ4n) is 3.23. The summed E-state index contributed by atoms with van der Waals surface area (Å²) in [5, 5.41) is 2.58. The van der Waals surface area contributed by atoms with E-state index < -0.39 is 32.0 Å². The molecule has 13 heteroatoms. The van der Waals surface area contributed by atoms with Crippen molar-refractivity contribution >= 4 is 31.3 Å². The number of H-pyrrole nitrogens is 1. The second-order valence-electron chi connectivity index (χ2n) is 7.53. The number of esters is 1. The highest BCUT2D eigenvalue weighted by atomic mass is 31.1. The van der Waals surface area contributed by atoms with E-state index in [2.05, 4.69) is 20.0 Å². The van der Waals surface area contributed by atoms with Crippen molar-refractivity contribution in [1.29, 1.82) is 0 Å². The first-order valence-corrected chi connectivity index (χ1v) is 10.8. The molecule has 2 aromatic rings. The van der Waals surface area contributed by atoms with Crippen LogP contribution in [0.1, 0.15) is 40.3 Å². The van der Waals surface area contributed by atoms with Crippen molar-refractivity contribution in [2.45, 2.75) is 58.6 Å². The Morgan fingerprint density at radius 2 is 2.23 bits per heavy atom. The van der Waals surface area contributed by atoms with Crippen LogP contribution in [-0.2, 0) is 23.4 Å². The van der Waals surface area contributed by atoms with Gasteiger partial charge in [-0.2, -0.15) is 4.98 Å². The Bertz CT molecular complexity index is 991. The third-order valence-corrected chi connectivity index (χ3v) is 5.54. The van der Waals surface area contributed by atoms with Crippen molar-refractivity contribution in [2.24, 2.45) is 5.92 Å². The van der Waals surface area contributed by atoms with E-state index in [1.54, 1.807) is 25.3 Å². The second kappa shape index (κ2) is 9.17. The summed E-state index contributed by atoms with van der Waals surface area (Å²) < 4.78 is 30.2. The number of nitrogens with two attached hydrogens (primary N) is 1. The third kappa shape index (κ3) is 5.01. The average molecular weight is 441 g/mol. The molecule has 0 bridgehead atoms. The predicted octanol–water partition coefficient (Wildman–Crippen LogP) is 1.23. The molecule has 2 aromatic heterocycles. The molecule has 0 radical (unpaired) electrons. The number of rotatable bonds is 8. The number of ether oxygens (including phenoxy) is 2. The molecular formula is C17H26N6O6P+. The van der Waals surface area contributed by atoms with Crippen molar-refractivity contribution < 1.29 is 23.4 Å². The fraction of sp³-hybridized carbons (Fsp3) is 0.647. The van der Waals surface area contributed by atoms with E-state index in [-0.39, 0.29) is 36.2 Å². The highest BCUT2D eigenvalue weighted by molar-refractivity contribution is 7.36. The van der Waals surface area contributed by atoms with Crippen LogP contribution in [0.4, 0.5) is 5.95 Å². The van der Waals surface area contributed by atoms with Crippen molar-refractivity contribution in [3.63, 3.8) is 0 Å². The van der Waals surface area contributed by atoms with E-state index in [0.717, 1.165) is 0 Å². The zero-order valence-corrected chi connectivity index (χ0v) is 18.1. The van der Waals surface area contributed by atoms with Crippen LogP contribution < -0.4 is 16.4 Å². The number of carbonyl (C=O) groups excluding carboxylic acids is 1. The van der Waals surface area contributed by atoms with E-state index in [9.17, 15) is 14.2 Å². The number of fused-ring (bicyclic) bond motifs is 1. The molecule has 0 spiro atoms. The summed E-state index contributed by atoms with van der Waals surface area (Å²) in [5.41, 5.74) is 5.73. The number of aromatic nitrogens is 4. The number of anilines is 1. The van der Waals surface area contributed by atoms with Gasteiger partial charge >= 0.3 is 14.1 Å². The molecule has 5 atom stereocenters. The van der Waals surface area contributed by atoms with Gasteiger partial charge in [0.05, 0.1) is 18.5 Å². The molecule has 1 unspecified atom stereocenters. The number of hydrogen-bond acceptors (Lipinski definition) is 9. The summed E-state index contributed by atoms with van der Waals surface area (Å²) in [6.45, 7) is 7.07. The topological polar surface area (TPSA) is 163 Å². The molecule has 3 heterocycles. The standard InChI is InChI=1S/C17H25N6O6P/c1-8(2)28-16(25)10(4)22-30(26)27-6-11-5-9(3)15(29-11)23-7-19-12-13(23)20-17(18)21-14(12)24/h7-11,15H,5-6H2,1-4H3,(H3-,18,20,21,22,24,26)/p+1/t9-,10+,11-,15+/m0/s1. The normalized spacial score (nSPS) is 23.1. The summed E-state index contributed by atoms with van der Waals surface area (Å²) in [5.74, 6) is -0.450. The van der Waals surface area contributed by atoms with Crippen LogP contribution in [0, 0.1) is 5.92 Å². The summed E-state index contributed by atoms with van der Waals surface area (Å²) >= 11 is 0. The van der Waals surface area contributed by atoms with Crippen molar-refractivity contribution in [2.75, 3.05) is 12.3 Å². The van der Waals surface area contributed by atoms with Gasteiger partial charge in [0.1, 0.15) is 18.9 Å². The van der Waals surface area contributed by atoms with E-state index in [1.807, 2.05) is 6.92 Å². The van der Waals surface area contributed by atoms with Gasteiger partial charge in [0.25, 0.3) is 5.56 Å². The maximum atomic E-state index is 12.1. The number of nitrogen functional groups attached to an aromatic ring is 1. The van der Waals surface area contributed by atoms with Crippen LogP contribution in [0.15, 0.2) is 11.1 Å². The summed E-state index contributed by atoms with van der Waals surface area (Å²) in [7, 11) is -2.28. The van der Waals surface area contributed by atoms with Gasteiger partial charge in [-0.05, 0) is 31.8 Å². The monoisotopic (exact) mass is 441 g/mol. The number of nitrogens with zero attached hydrogens (tertiary/aromatic N) is 3. The Hall–Kier alpha value is -2.40. The van der Waals surface area contributed by atoms with E-state index in [4.69, 9.17) is 19.7 Å². The molecule has 4 N–H and O–H groups in total. The first-order chi connectivity index (χ1) is 14.2. The van der Waals surface area contributed by atoms with E-state index >= 15 is 0 Å². The number of imidazole rings is 1. The average Bonchev–Trinajstić information content (AvgIpc) is 3.22. The molecule has 1 aliphatic heterocycles. The Balaban J connectivity index is 1.58. The largest absolute Gasteiger partial charge is 0.613 e. The number of nitrogens with one attached hydrogen (secondary N) is 2. The number of carbonyl (C=O) groups is 1. The van der Waals surface area contributed by atoms with Crippen LogP contribution in [-0.4, -0.2) is 50.3 Å². The Morgan fingerprint density at radius 3 is 2.93 bits per heavy atom. The molecule has 164 valence electrons. The van der Waals surface area contributed by atoms with Gasteiger partial charge < -0.3 is 15.2 Å². The molecule has 1 aliphatic rings. The Kier molecular flexibility index (Phi) is 6.81. The lowest BCUT2D eigenvalue weighted by Crippen LogP contribution is -2.33. The third-order valence-electron chi connectivity index (χ3n) is 4.56. The van der Waals surface area contributed by atoms with Crippen molar-refractivity contribution in [3.05, 3.63) is 16.7 Å². The summed E-state index contributed by atoms with van der Waals surface area (Å²) in [4.78, 5) is 34.4. The highest BCUT2D eigenvalue weighted by Gasteiger charge is 2.37. The number of aromatic amines is 1. The molecule has 0 aromatic carbocycles. The summed E-state index contributed by atoms with van der Waals surface area (Å²) in [6, 6.07) is -0.765. The van der Waals surface area contributed by atoms with E-state index in [0.29, 0.717) is 12.1 Å². The van der Waals surface area contributed by atoms with Crippen LogP contribution in [0.25, 0.3) is 11.2 Å². The van der Waals surface area contributed by atoms with Gasteiger partial charge in [0.15, 0.2) is 11.2 Å². The van der Waals surface area contributed by atoms with E-state index in [1.165, 1.54) is 6.33 Å². The quantitative estimate of drug-likeness (QED) is 0.401. The molecule has 0 saturated carbocycles. The van der Waals surface area contributed by atoms with Gasteiger partial charge in [0.2, 0.25) is 5.95 Å². The molecular weight excluding hydrogens is 415 g/mol. The molecule has 1 fully saturated rings. The molecule has 0 amide bonds. The maximum Gasteiger partial charge on any atom is 0.613 e. The van der Waals surface area contributed by atoms with Gasteiger partial charge in [-0.15, -0.1) is 4.52 Å². The predicted molar refractivity (Wildman–Crippen MR) is 108 cm³/mol. The highest BCUT2D eigenvalue weighted by Crippen LogP contribution is 2.36. The minimum atomic E-state index is -2.28. The molecule has 3 rings (SSSR count). The molecule has 0 aliphatic carbocycles. The van der Waals surface area contributed by atoms with Gasteiger partial charge in [-0.1, -0.05) is 12.0 Å². The first kappa shape index (κ1) is 22.3. The van der Waals surface area contributed by atoms with Crippen molar-refractivity contribution in [1.82, 2.24) is 24.6 Å². The van der Waals surface area contributed by atoms with Gasteiger partial charge in [-0.25, -0.2) is 4.98 Å². The lowest BCUT2D eigenvalue weighted by Gasteiger charge is -2.17. The number of hydrogen-bond donors (Lipinski definition) is 3. The minimum Gasteiger partial charge on any atom is -0.462 e. The first-order valence-electron chi connectivity index (χ1n) is 9.60. The smallest absolute Gasteiger partial charge is 0.462 e. The Labute approximate surface area is 173 Å². The van der Waals surface area contributed by atoms with Crippen LogP contribution in [0.3, 0.4) is 0 Å². The van der Waals surface area contributed by atoms with Crippen molar-refractivity contribution in [3.8, 4) is 0 Å². The zero-order chi connectivity index (χ0) is 22.0. The van der Waals surface area contributed by atoms with Gasteiger partial charge in [-0.3, -0.25) is 19.1 Å². The summed E-state index contributed by atoms with van der Waals surface area (Å²) in [6.07, 6.45) is 1.10. The Morgan fingerprint density at radius 1 is 1.50 bits per heavy atom.